The monoisotopic (exact) mass is 1040 g/mol. The summed E-state index contributed by atoms with van der Waals surface area (Å²) in [5.74, 6) is -0.855. The zero-order chi connectivity index (χ0) is 43.9. The van der Waals surface area contributed by atoms with Crippen molar-refractivity contribution < 1.29 is 43.2 Å². The first-order chi connectivity index (χ1) is 30.2. The van der Waals surface area contributed by atoms with Crippen molar-refractivity contribution in [3.8, 4) is 0 Å². The molecule has 14 heteroatoms. The molecule has 0 spiro atoms. The third-order valence-electron chi connectivity index (χ3n) is 9.30. The van der Waals surface area contributed by atoms with E-state index in [4.69, 9.17) is 18.9 Å². The van der Waals surface area contributed by atoms with E-state index in [1.54, 1.807) is 13.8 Å². The molecule has 2 fully saturated rings. The fraction of sp³-hybridized carbons (Fsp3) is 0.292. The third-order valence-corrected chi connectivity index (χ3v) is 19.1. The topological polar surface area (TPSA) is 132 Å². The Hall–Kier alpha value is -4.90. The number of likely N-dealkylation sites (tertiary alicyclic amines) is 2. The fourth-order valence-electron chi connectivity index (χ4n) is 6.37. The summed E-state index contributed by atoms with van der Waals surface area (Å²) < 4.78 is 25.0. The summed E-state index contributed by atoms with van der Waals surface area (Å²) in [5.41, 5.74) is 1.78. The van der Waals surface area contributed by atoms with Crippen LogP contribution in [-0.2, 0) is 41.8 Å². The molecule has 5 aromatic rings. The molecule has 2 aliphatic rings. The van der Waals surface area contributed by atoms with Gasteiger partial charge in [0.05, 0.1) is 19.3 Å². The van der Waals surface area contributed by atoms with Gasteiger partial charge in [0.2, 0.25) is 0 Å². The van der Waals surface area contributed by atoms with Gasteiger partial charge in [0.15, 0.2) is 0 Å². The molecule has 0 radical (unpaired) electrons. The van der Waals surface area contributed by atoms with Gasteiger partial charge in [-0.15, -0.1) is 0 Å². The first kappa shape index (κ1) is 48.1. The number of β-amino-alcohol motifs (C(OH)–C–C–N with tert-alkyl or cyclic N) is 1. The molecule has 2 saturated heterocycles. The Morgan fingerprint density at radius 3 is 1.31 bits per heavy atom. The molecule has 0 aromatic heterocycles. The SMILES string of the molecule is CCOC(=O)[C@@H]1C[C@@H](O)CN1C(=O)OCc1ccccc1.CCOC(=O)[C@@H]1C[C@H]([Se]c2ccccc2)CN1C(=O)OCc1ccccc1.c1ccc([Se][Se]c2ccccc2)cc1. The van der Waals surface area contributed by atoms with Crippen molar-refractivity contribution in [1.82, 2.24) is 9.80 Å². The van der Waals surface area contributed by atoms with Crippen LogP contribution in [0.25, 0.3) is 0 Å². The second-order valence-electron chi connectivity index (χ2n) is 13.9. The summed E-state index contributed by atoms with van der Waals surface area (Å²) >= 11 is 1.45. The molecule has 4 atom stereocenters. The number of carbonyl (C=O) groups is 4. The van der Waals surface area contributed by atoms with Crippen molar-refractivity contribution in [3.63, 3.8) is 0 Å². The minimum absolute atomic E-state index is 0.0805. The summed E-state index contributed by atoms with van der Waals surface area (Å²) in [6, 6.07) is 49.2. The number of benzene rings is 5. The molecule has 2 aliphatic heterocycles. The fourth-order valence-corrected chi connectivity index (χ4v) is 15.0. The molecule has 0 saturated carbocycles. The molecule has 2 heterocycles. The van der Waals surface area contributed by atoms with Crippen LogP contribution >= 0.6 is 0 Å². The average Bonchev–Trinajstić information content (AvgIpc) is 3.93. The minimum atomic E-state index is -0.775. The van der Waals surface area contributed by atoms with Gasteiger partial charge < -0.3 is 14.6 Å². The summed E-state index contributed by atoms with van der Waals surface area (Å²) in [7, 11) is 0. The Labute approximate surface area is 381 Å². The van der Waals surface area contributed by atoms with E-state index in [2.05, 4.69) is 72.8 Å². The van der Waals surface area contributed by atoms with Crippen molar-refractivity contribution in [2.45, 2.75) is 62.9 Å². The van der Waals surface area contributed by atoms with Gasteiger partial charge in [-0.3, -0.25) is 4.90 Å². The number of hydrogen-bond donors (Lipinski definition) is 1. The van der Waals surface area contributed by atoms with E-state index >= 15 is 0 Å². The van der Waals surface area contributed by atoms with Crippen LogP contribution < -0.4 is 13.4 Å². The van der Waals surface area contributed by atoms with E-state index in [-0.39, 0.29) is 58.5 Å². The quantitative estimate of drug-likeness (QED) is 0.0978. The summed E-state index contributed by atoms with van der Waals surface area (Å²) in [6.45, 7) is 4.93. The zero-order valence-corrected chi connectivity index (χ0v) is 39.9. The van der Waals surface area contributed by atoms with E-state index in [0.29, 0.717) is 45.8 Å². The van der Waals surface area contributed by atoms with Crippen LogP contribution in [0.15, 0.2) is 152 Å². The summed E-state index contributed by atoms with van der Waals surface area (Å²) in [4.78, 5) is 51.9. The Balaban J connectivity index is 0.000000185. The van der Waals surface area contributed by atoms with Crippen LogP contribution in [0.3, 0.4) is 0 Å². The molecular formula is C48H52N2O9Se3. The maximum absolute atomic E-state index is 12.6. The predicted octanol–water partition coefficient (Wildman–Crippen LogP) is 5.06. The number of esters is 2. The van der Waals surface area contributed by atoms with Gasteiger partial charge in [0, 0.05) is 6.42 Å². The van der Waals surface area contributed by atoms with Crippen LogP contribution in [0.4, 0.5) is 9.59 Å². The normalized spacial score (nSPS) is 17.7. The molecule has 0 bridgehead atoms. The van der Waals surface area contributed by atoms with Crippen molar-refractivity contribution in [3.05, 3.63) is 163 Å². The van der Waals surface area contributed by atoms with Crippen LogP contribution in [0.2, 0.25) is 4.82 Å². The van der Waals surface area contributed by atoms with Gasteiger partial charge in [-0.1, -0.05) is 30.3 Å². The van der Waals surface area contributed by atoms with Crippen LogP contribution in [0.5, 0.6) is 0 Å². The number of aliphatic hydroxyl groups is 1. The van der Waals surface area contributed by atoms with E-state index in [1.807, 2.05) is 78.9 Å². The molecular weight excluding hydrogens is 985 g/mol. The molecule has 1 N–H and O–H groups in total. The molecule has 2 amide bonds. The number of nitrogens with zero attached hydrogens (tertiary/aromatic N) is 2. The van der Waals surface area contributed by atoms with Crippen LogP contribution in [0, 0.1) is 0 Å². The van der Waals surface area contributed by atoms with Crippen molar-refractivity contribution in [1.29, 1.82) is 0 Å². The molecule has 7 rings (SSSR count). The molecule has 11 nitrogen and oxygen atoms in total. The second kappa shape index (κ2) is 26.5. The average molecular weight is 1040 g/mol. The standard InChI is InChI=1S/C21H23NO4Se.C15H19NO5.C12H10Se2/c1-2-25-20(23)19-13-18(27-17-11-7-4-8-12-17)14-22(19)21(24)26-15-16-9-5-3-6-10-16;1-2-20-14(18)13-8-12(17)9-16(13)15(19)21-10-11-6-4-3-5-7-11;1-3-7-11(8-4-1)13-14-12-9-5-2-6-10-12/h3-12,18-19H,2,13-15H2,1H3;3-7,12-13,17H,2,8-10H2,1H3;1-10H/t18-,19-;12-,13+;/m01./s1. The van der Waals surface area contributed by atoms with Crippen molar-refractivity contribution >= 4 is 78.7 Å². The van der Waals surface area contributed by atoms with Crippen molar-refractivity contribution in [2.75, 3.05) is 26.3 Å². The molecule has 0 unspecified atom stereocenters. The number of aliphatic hydroxyl groups excluding tert-OH is 1. The van der Waals surface area contributed by atoms with Crippen LogP contribution in [-0.4, -0.2) is 125 Å². The number of hydrogen-bond acceptors (Lipinski definition) is 9. The number of amides is 2. The number of carbonyl (C=O) groups excluding carboxylic acids is 4. The van der Waals surface area contributed by atoms with Gasteiger partial charge in [-0.2, -0.15) is 0 Å². The zero-order valence-electron chi connectivity index (χ0n) is 34.7. The van der Waals surface area contributed by atoms with Gasteiger partial charge in [-0.05, 0) is 12.5 Å². The molecule has 0 aliphatic carbocycles. The molecule has 62 heavy (non-hydrogen) atoms. The number of rotatable bonds is 13. The van der Waals surface area contributed by atoms with Crippen molar-refractivity contribution in [2.24, 2.45) is 0 Å². The van der Waals surface area contributed by atoms with Gasteiger partial charge >= 0.3 is 274 Å². The van der Waals surface area contributed by atoms with E-state index < -0.39 is 36.3 Å². The van der Waals surface area contributed by atoms with Gasteiger partial charge in [-0.25, -0.2) is 9.59 Å². The second-order valence-corrected chi connectivity index (χ2v) is 23.1. The Kier molecular flexibility index (Phi) is 20.6. The Morgan fingerprint density at radius 1 is 0.516 bits per heavy atom. The number of ether oxygens (including phenoxy) is 4. The summed E-state index contributed by atoms with van der Waals surface area (Å²) in [6.07, 6.45) is -1.01. The molecule has 5 aromatic carbocycles. The van der Waals surface area contributed by atoms with Crippen LogP contribution in [0.1, 0.15) is 37.8 Å². The third kappa shape index (κ3) is 16.1. The predicted molar refractivity (Wildman–Crippen MR) is 242 cm³/mol. The Morgan fingerprint density at radius 2 is 0.887 bits per heavy atom. The van der Waals surface area contributed by atoms with E-state index in [0.717, 1.165) is 11.1 Å². The first-order valence-electron chi connectivity index (χ1n) is 20.4. The Bertz CT molecular complexity index is 2050. The van der Waals surface area contributed by atoms with Gasteiger partial charge in [0.1, 0.15) is 12.6 Å². The first-order valence-corrected chi connectivity index (χ1v) is 28.3. The summed E-state index contributed by atoms with van der Waals surface area (Å²) in [5, 5.41) is 9.66. The van der Waals surface area contributed by atoms with E-state index in [1.165, 1.54) is 23.2 Å². The van der Waals surface area contributed by atoms with E-state index in [9.17, 15) is 24.3 Å². The maximum atomic E-state index is 12.6. The van der Waals surface area contributed by atoms with Gasteiger partial charge in [0.25, 0.3) is 0 Å². The molecule has 326 valence electrons.